The molecule has 80 valence electrons. The molecule has 0 spiro atoms. The highest BCUT2D eigenvalue weighted by Crippen LogP contribution is 2.34. The molecule has 14 heavy (non-hydrogen) atoms. The zero-order chi connectivity index (χ0) is 10.4. The van der Waals surface area contributed by atoms with Gasteiger partial charge in [-0.1, -0.05) is 32.1 Å². The zero-order valence-electron chi connectivity index (χ0n) is 9.18. The summed E-state index contributed by atoms with van der Waals surface area (Å²) in [7, 11) is 0. The van der Waals surface area contributed by atoms with Gasteiger partial charge in [-0.15, -0.1) is 5.92 Å². The van der Waals surface area contributed by atoms with Crippen molar-refractivity contribution in [2.45, 2.75) is 57.7 Å². The Morgan fingerprint density at radius 3 is 2.71 bits per heavy atom. The SMILES string of the molecule is CCCCCCC#C[C@@]1(C)O[C@@H]1CO. The molecule has 2 nitrogen and oxygen atoms in total. The van der Waals surface area contributed by atoms with E-state index in [1.54, 1.807) is 0 Å². The molecule has 0 aromatic rings. The van der Waals surface area contributed by atoms with E-state index >= 15 is 0 Å². The fraction of sp³-hybridized carbons (Fsp3) is 0.833. The largest absolute Gasteiger partial charge is 0.394 e. The normalized spacial score (nSPS) is 29.5. The zero-order valence-corrected chi connectivity index (χ0v) is 9.18. The van der Waals surface area contributed by atoms with Crippen LogP contribution in [0, 0.1) is 11.8 Å². The van der Waals surface area contributed by atoms with Crippen LogP contribution in [-0.2, 0) is 4.74 Å². The van der Waals surface area contributed by atoms with Crippen LogP contribution in [0.1, 0.15) is 46.0 Å². The van der Waals surface area contributed by atoms with Gasteiger partial charge in [0.2, 0.25) is 0 Å². The molecule has 0 bridgehead atoms. The topological polar surface area (TPSA) is 32.8 Å². The summed E-state index contributed by atoms with van der Waals surface area (Å²) in [4.78, 5) is 0. The van der Waals surface area contributed by atoms with Gasteiger partial charge in [-0.3, -0.25) is 0 Å². The first-order chi connectivity index (χ1) is 6.73. The van der Waals surface area contributed by atoms with E-state index in [4.69, 9.17) is 9.84 Å². The Kier molecular flexibility index (Phi) is 4.44. The molecule has 1 aliphatic rings. The van der Waals surface area contributed by atoms with E-state index in [0.29, 0.717) is 0 Å². The first-order valence-electron chi connectivity index (χ1n) is 5.51. The predicted octanol–water partition coefficient (Wildman–Crippen LogP) is 2.11. The maximum absolute atomic E-state index is 8.82. The van der Waals surface area contributed by atoms with E-state index in [2.05, 4.69) is 18.8 Å². The summed E-state index contributed by atoms with van der Waals surface area (Å²) < 4.78 is 5.26. The van der Waals surface area contributed by atoms with Crippen LogP contribution in [0.2, 0.25) is 0 Å². The van der Waals surface area contributed by atoms with Gasteiger partial charge in [0, 0.05) is 6.42 Å². The lowest BCUT2D eigenvalue weighted by Gasteiger charge is -1.94. The lowest BCUT2D eigenvalue weighted by molar-refractivity contribution is 0.240. The van der Waals surface area contributed by atoms with E-state index in [9.17, 15) is 0 Å². The second kappa shape index (κ2) is 5.38. The Morgan fingerprint density at radius 2 is 2.14 bits per heavy atom. The molecule has 1 aliphatic heterocycles. The van der Waals surface area contributed by atoms with E-state index in [1.165, 1.54) is 25.7 Å². The fourth-order valence-electron chi connectivity index (χ4n) is 1.46. The summed E-state index contributed by atoms with van der Waals surface area (Å²) in [6, 6.07) is 0. The fourth-order valence-corrected chi connectivity index (χ4v) is 1.46. The van der Waals surface area contributed by atoms with Gasteiger partial charge in [-0.2, -0.15) is 0 Å². The van der Waals surface area contributed by atoms with Crippen molar-refractivity contribution in [1.82, 2.24) is 0 Å². The minimum absolute atomic E-state index is 0.0503. The monoisotopic (exact) mass is 196 g/mol. The van der Waals surface area contributed by atoms with Crippen molar-refractivity contribution < 1.29 is 9.84 Å². The smallest absolute Gasteiger partial charge is 0.154 e. The van der Waals surface area contributed by atoms with Gasteiger partial charge in [0.05, 0.1) is 6.61 Å². The Morgan fingerprint density at radius 1 is 1.36 bits per heavy atom. The van der Waals surface area contributed by atoms with E-state index < -0.39 is 0 Å². The summed E-state index contributed by atoms with van der Waals surface area (Å²) in [5, 5.41) is 8.82. The van der Waals surface area contributed by atoms with Crippen LogP contribution in [0.5, 0.6) is 0 Å². The van der Waals surface area contributed by atoms with Gasteiger partial charge in [0.25, 0.3) is 0 Å². The quantitative estimate of drug-likeness (QED) is 0.415. The first kappa shape index (κ1) is 11.6. The summed E-state index contributed by atoms with van der Waals surface area (Å²) >= 11 is 0. The van der Waals surface area contributed by atoms with E-state index in [-0.39, 0.29) is 18.3 Å². The van der Waals surface area contributed by atoms with Crippen LogP contribution < -0.4 is 0 Å². The van der Waals surface area contributed by atoms with Crippen LogP contribution in [0.15, 0.2) is 0 Å². The van der Waals surface area contributed by atoms with Crippen LogP contribution in [0.25, 0.3) is 0 Å². The number of aliphatic hydroxyl groups is 1. The predicted molar refractivity (Wildman–Crippen MR) is 56.9 cm³/mol. The molecular weight excluding hydrogens is 176 g/mol. The number of aliphatic hydroxyl groups excluding tert-OH is 1. The molecule has 0 amide bonds. The Bertz CT molecular complexity index is 226. The number of unbranched alkanes of at least 4 members (excludes halogenated alkanes) is 4. The van der Waals surface area contributed by atoms with Crippen molar-refractivity contribution >= 4 is 0 Å². The molecule has 1 saturated heterocycles. The van der Waals surface area contributed by atoms with Crippen LogP contribution >= 0.6 is 0 Å². The standard InChI is InChI=1S/C12H20O2/c1-3-4-5-6-7-8-9-12(2)11(10-13)14-12/h11,13H,3-7,10H2,1-2H3/t11-,12-/m1/s1. The molecule has 2 heteroatoms. The third-order valence-electron chi connectivity index (χ3n) is 2.60. The van der Waals surface area contributed by atoms with Gasteiger partial charge in [-0.25, -0.2) is 0 Å². The molecule has 1 fully saturated rings. The summed E-state index contributed by atoms with van der Waals surface area (Å²) in [5.41, 5.74) is -0.348. The lowest BCUT2D eigenvalue weighted by Crippen LogP contribution is -2.09. The summed E-state index contributed by atoms with van der Waals surface area (Å²) in [5.74, 6) is 6.20. The van der Waals surface area contributed by atoms with Crippen LogP contribution in [-0.4, -0.2) is 23.4 Å². The second-order valence-electron chi connectivity index (χ2n) is 4.01. The average molecular weight is 196 g/mol. The maximum Gasteiger partial charge on any atom is 0.154 e. The van der Waals surface area contributed by atoms with Crippen molar-refractivity contribution in [1.29, 1.82) is 0 Å². The molecule has 1 heterocycles. The highest BCUT2D eigenvalue weighted by molar-refractivity contribution is 5.23. The molecule has 1 rings (SSSR count). The average Bonchev–Trinajstić information content (AvgIpc) is 2.84. The van der Waals surface area contributed by atoms with Crippen molar-refractivity contribution in [2.24, 2.45) is 0 Å². The van der Waals surface area contributed by atoms with Crippen LogP contribution in [0.4, 0.5) is 0 Å². The molecule has 0 aliphatic carbocycles. The highest BCUT2D eigenvalue weighted by Gasteiger charge is 2.50. The molecular formula is C12H20O2. The number of hydrogen-bond acceptors (Lipinski definition) is 2. The van der Waals surface area contributed by atoms with Crippen molar-refractivity contribution in [3.8, 4) is 11.8 Å². The second-order valence-corrected chi connectivity index (χ2v) is 4.01. The Hall–Kier alpha value is -0.520. The van der Waals surface area contributed by atoms with Gasteiger partial charge >= 0.3 is 0 Å². The third-order valence-corrected chi connectivity index (χ3v) is 2.60. The molecule has 2 atom stereocenters. The minimum Gasteiger partial charge on any atom is -0.394 e. The van der Waals surface area contributed by atoms with Crippen molar-refractivity contribution in [3.05, 3.63) is 0 Å². The number of hydrogen-bond donors (Lipinski definition) is 1. The van der Waals surface area contributed by atoms with Gasteiger partial charge in [0.1, 0.15) is 6.10 Å². The van der Waals surface area contributed by atoms with Crippen molar-refractivity contribution in [3.63, 3.8) is 0 Å². The Balaban J connectivity index is 2.09. The van der Waals surface area contributed by atoms with Gasteiger partial charge in [-0.05, 0) is 13.3 Å². The first-order valence-corrected chi connectivity index (χ1v) is 5.51. The van der Waals surface area contributed by atoms with E-state index in [1.807, 2.05) is 6.92 Å². The lowest BCUT2D eigenvalue weighted by atomic mass is 10.1. The molecule has 0 saturated carbocycles. The highest BCUT2D eigenvalue weighted by atomic mass is 16.6. The number of ether oxygens (including phenoxy) is 1. The van der Waals surface area contributed by atoms with Gasteiger partial charge < -0.3 is 9.84 Å². The van der Waals surface area contributed by atoms with Gasteiger partial charge in [0.15, 0.2) is 5.60 Å². The number of rotatable bonds is 5. The summed E-state index contributed by atoms with van der Waals surface area (Å²) in [6.07, 6.45) is 5.92. The number of epoxide rings is 1. The summed E-state index contributed by atoms with van der Waals surface area (Å²) in [6.45, 7) is 4.23. The molecule has 0 aromatic heterocycles. The maximum atomic E-state index is 8.82. The third kappa shape index (κ3) is 3.32. The van der Waals surface area contributed by atoms with Crippen LogP contribution in [0.3, 0.4) is 0 Å². The molecule has 0 radical (unpaired) electrons. The molecule has 0 aromatic carbocycles. The Labute approximate surface area is 86.7 Å². The minimum atomic E-state index is -0.348. The molecule has 0 unspecified atom stereocenters. The molecule has 1 N–H and O–H groups in total. The van der Waals surface area contributed by atoms with E-state index in [0.717, 1.165) is 6.42 Å². The van der Waals surface area contributed by atoms with Crippen molar-refractivity contribution in [2.75, 3.05) is 6.61 Å².